The van der Waals surface area contributed by atoms with E-state index in [0.29, 0.717) is 76.6 Å². The number of primary amides is 1. The molecule has 4 amide bonds. The first-order chi connectivity index (χ1) is 25.5. The molecule has 6 aromatic rings. The molecule has 6 rings (SSSR count). The van der Waals surface area contributed by atoms with Crippen molar-refractivity contribution in [1.29, 1.82) is 0 Å². The molecule has 0 unspecified atom stereocenters. The first-order valence-electron chi connectivity index (χ1n) is 17.2. The van der Waals surface area contributed by atoms with Crippen molar-refractivity contribution in [1.82, 2.24) is 44.0 Å². The molecular weight excluding hydrogens is 678 g/mol. The number of fused-ring (bicyclic) bond motifs is 2. The number of imidazole rings is 2. The Morgan fingerprint density at radius 2 is 1.17 bits per heavy atom. The van der Waals surface area contributed by atoms with Crippen molar-refractivity contribution in [3.05, 3.63) is 94.6 Å². The molecule has 7 N–H and O–H groups in total. The number of hydrogen-bond acceptors (Lipinski definition) is 9. The third kappa shape index (κ3) is 7.55. The molecule has 0 atom stereocenters. The van der Waals surface area contributed by atoms with Gasteiger partial charge in [0.1, 0.15) is 11.4 Å². The SMILES string of the molecule is CCn1nc(C)cc1C(=O)Nc1nc2cc(C(N)=O)ccc2n1C/C=C/Cn1c(NC(=O)c2cc(C)nn2CC)nc2cc(C(=O)NCCN)ccc21. The molecule has 53 heavy (non-hydrogen) atoms. The van der Waals surface area contributed by atoms with E-state index in [9.17, 15) is 19.2 Å². The zero-order chi connectivity index (χ0) is 37.8. The largest absolute Gasteiger partial charge is 0.366 e. The van der Waals surface area contributed by atoms with Crippen LogP contribution in [0.4, 0.5) is 11.9 Å². The number of nitrogens with zero attached hydrogens (tertiary/aromatic N) is 8. The van der Waals surface area contributed by atoms with E-state index in [-0.39, 0.29) is 48.3 Å². The number of aryl methyl sites for hydroxylation is 4. The molecule has 0 fully saturated rings. The average molecular weight is 720 g/mol. The smallest absolute Gasteiger partial charge is 0.276 e. The predicted octanol–water partition coefficient (Wildman–Crippen LogP) is 2.98. The van der Waals surface area contributed by atoms with Crippen LogP contribution in [0.3, 0.4) is 0 Å². The van der Waals surface area contributed by atoms with Crippen LogP contribution in [-0.2, 0) is 26.2 Å². The molecule has 4 heterocycles. The summed E-state index contributed by atoms with van der Waals surface area (Å²) in [6.07, 6.45) is 3.78. The Kier molecular flexibility index (Phi) is 10.5. The van der Waals surface area contributed by atoms with Crippen LogP contribution in [0.1, 0.15) is 66.9 Å². The number of aromatic nitrogens is 8. The highest BCUT2D eigenvalue weighted by atomic mass is 16.2. The van der Waals surface area contributed by atoms with Crippen LogP contribution in [0.15, 0.2) is 60.7 Å². The highest BCUT2D eigenvalue weighted by molar-refractivity contribution is 6.04. The number of amides is 4. The van der Waals surface area contributed by atoms with E-state index in [1.165, 1.54) is 0 Å². The number of rotatable bonds is 14. The van der Waals surface area contributed by atoms with Gasteiger partial charge >= 0.3 is 0 Å². The molecule has 0 spiro atoms. The van der Waals surface area contributed by atoms with Gasteiger partial charge in [0.25, 0.3) is 17.7 Å². The molecule has 0 radical (unpaired) electrons. The second-order valence-corrected chi connectivity index (χ2v) is 12.3. The van der Waals surface area contributed by atoms with Gasteiger partial charge in [-0.15, -0.1) is 0 Å². The lowest BCUT2D eigenvalue weighted by atomic mass is 10.2. The van der Waals surface area contributed by atoms with Crippen LogP contribution >= 0.6 is 0 Å². The first-order valence-corrected chi connectivity index (χ1v) is 17.2. The summed E-state index contributed by atoms with van der Waals surface area (Å²) in [6, 6.07) is 13.5. The standard InChI is InChI=1S/C36H41N13O4/c1-5-48-29(17-21(3)44-48)33(52)42-35-40-25-19-23(31(38)50)9-11-27(25)46(35)15-7-8-16-47-28-12-10-24(32(51)39-14-13-37)20-26(28)41-36(47)43-34(53)30-18-22(4)45-49(30)6-2/h7-12,17-20H,5-6,13-16,37H2,1-4H3,(H2,38,50)(H,39,51)(H,40,42,52)(H,41,43,53)/b8-7+. The summed E-state index contributed by atoms with van der Waals surface area (Å²) in [5, 5.41) is 17.4. The van der Waals surface area contributed by atoms with E-state index in [2.05, 4.69) is 31.1 Å². The maximum atomic E-state index is 13.5. The number of allylic oxidation sites excluding steroid dienone is 2. The zero-order valence-electron chi connectivity index (χ0n) is 29.9. The minimum Gasteiger partial charge on any atom is -0.366 e. The number of carbonyl (C=O) groups excluding carboxylic acids is 4. The number of nitrogens with one attached hydrogen (secondary N) is 3. The van der Waals surface area contributed by atoms with Crippen molar-refractivity contribution in [3.63, 3.8) is 0 Å². The van der Waals surface area contributed by atoms with Crippen LogP contribution in [0.5, 0.6) is 0 Å². The van der Waals surface area contributed by atoms with Crippen molar-refractivity contribution in [2.75, 3.05) is 23.7 Å². The topological polar surface area (TPSA) is 228 Å². The molecule has 0 aliphatic heterocycles. The maximum Gasteiger partial charge on any atom is 0.276 e. The molecule has 0 saturated heterocycles. The quantitative estimate of drug-likeness (QED) is 0.104. The number of nitrogens with two attached hydrogens (primary N) is 2. The molecule has 0 aliphatic rings. The third-order valence-electron chi connectivity index (χ3n) is 8.53. The van der Waals surface area contributed by atoms with Gasteiger partial charge in [-0.05, 0) is 76.2 Å². The van der Waals surface area contributed by atoms with E-state index in [1.54, 1.807) is 57.9 Å². The Labute approximate surface area is 304 Å². The van der Waals surface area contributed by atoms with E-state index >= 15 is 0 Å². The summed E-state index contributed by atoms with van der Waals surface area (Å²) >= 11 is 0. The molecule has 0 bridgehead atoms. The minimum atomic E-state index is -0.595. The summed E-state index contributed by atoms with van der Waals surface area (Å²) in [6.45, 7) is 9.65. The van der Waals surface area contributed by atoms with Crippen LogP contribution < -0.4 is 27.4 Å². The molecular formula is C36H41N13O4. The summed E-state index contributed by atoms with van der Waals surface area (Å²) in [5.74, 6) is -1.10. The molecule has 17 nitrogen and oxygen atoms in total. The molecule has 17 heteroatoms. The van der Waals surface area contributed by atoms with Gasteiger partial charge in [0.2, 0.25) is 17.8 Å². The Morgan fingerprint density at radius 3 is 1.62 bits per heavy atom. The fourth-order valence-corrected chi connectivity index (χ4v) is 6.03. The van der Waals surface area contributed by atoms with E-state index in [1.807, 2.05) is 49.0 Å². The van der Waals surface area contributed by atoms with E-state index < -0.39 is 5.91 Å². The number of carbonyl (C=O) groups is 4. The number of hydrogen-bond donors (Lipinski definition) is 5. The lowest BCUT2D eigenvalue weighted by Crippen LogP contribution is -2.28. The molecule has 274 valence electrons. The molecule has 4 aromatic heterocycles. The van der Waals surface area contributed by atoms with Crippen LogP contribution in [0.25, 0.3) is 22.1 Å². The van der Waals surface area contributed by atoms with Crippen molar-refractivity contribution >= 4 is 57.6 Å². The minimum absolute atomic E-state index is 0.266. The lowest BCUT2D eigenvalue weighted by molar-refractivity contribution is 0.0952. The molecule has 0 saturated carbocycles. The zero-order valence-corrected chi connectivity index (χ0v) is 29.9. The second-order valence-electron chi connectivity index (χ2n) is 12.3. The average Bonchev–Trinajstić information content (AvgIpc) is 3.90. The Bertz CT molecular complexity index is 2390. The van der Waals surface area contributed by atoms with Crippen molar-refractivity contribution < 1.29 is 19.2 Å². The summed E-state index contributed by atoms with van der Waals surface area (Å²) < 4.78 is 6.87. The summed E-state index contributed by atoms with van der Waals surface area (Å²) in [7, 11) is 0. The Balaban J connectivity index is 1.32. The first kappa shape index (κ1) is 36.2. The fourth-order valence-electron chi connectivity index (χ4n) is 6.03. The third-order valence-corrected chi connectivity index (χ3v) is 8.53. The molecule has 0 aliphatic carbocycles. The van der Waals surface area contributed by atoms with Gasteiger partial charge in [-0.3, -0.25) is 39.2 Å². The van der Waals surface area contributed by atoms with Crippen molar-refractivity contribution in [2.45, 2.75) is 53.9 Å². The second kappa shape index (κ2) is 15.3. The van der Waals surface area contributed by atoms with Gasteiger partial charge in [0.05, 0.1) is 33.5 Å². The van der Waals surface area contributed by atoms with Crippen LogP contribution in [0.2, 0.25) is 0 Å². The number of benzene rings is 2. The maximum absolute atomic E-state index is 13.5. The van der Waals surface area contributed by atoms with E-state index in [0.717, 1.165) is 0 Å². The van der Waals surface area contributed by atoms with Gasteiger partial charge in [0.15, 0.2) is 0 Å². The monoisotopic (exact) mass is 719 g/mol. The van der Waals surface area contributed by atoms with Gasteiger partial charge in [-0.25, -0.2) is 9.97 Å². The Morgan fingerprint density at radius 1 is 0.698 bits per heavy atom. The summed E-state index contributed by atoms with van der Waals surface area (Å²) in [5.41, 5.74) is 16.3. The van der Waals surface area contributed by atoms with Crippen LogP contribution in [-0.4, -0.2) is 75.4 Å². The lowest BCUT2D eigenvalue weighted by Gasteiger charge is -2.10. The summed E-state index contributed by atoms with van der Waals surface area (Å²) in [4.78, 5) is 60.8. The number of anilines is 2. The van der Waals surface area contributed by atoms with Gasteiger partial charge in [0, 0.05) is 50.4 Å². The van der Waals surface area contributed by atoms with Crippen molar-refractivity contribution in [3.8, 4) is 0 Å². The van der Waals surface area contributed by atoms with Gasteiger partial charge in [-0.2, -0.15) is 10.2 Å². The fraction of sp³-hybridized carbons (Fsp3) is 0.278. The molecule has 2 aromatic carbocycles. The highest BCUT2D eigenvalue weighted by Crippen LogP contribution is 2.24. The predicted molar refractivity (Wildman–Crippen MR) is 200 cm³/mol. The van der Waals surface area contributed by atoms with Gasteiger partial charge < -0.3 is 25.9 Å². The normalized spacial score (nSPS) is 11.5. The van der Waals surface area contributed by atoms with Gasteiger partial charge in [-0.1, -0.05) is 12.2 Å². The van der Waals surface area contributed by atoms with E-state index in [4.69, 9.17) is 16.5 Å². The highest BCUT2D eigenvalue weighted by Gasteiger charge is 2.21. The van der Waals surface area contributed by atoms with Crippen molar-refractivity contribution in [2.24, 2.45) is 11.5 Å². The Hall–Kier alpha value is -6.62. The van der Waals surface area contributed by atoms with Crippen LogP contribution in [0, 0.1) is 13.8 Å².